The molecule has 0 bridgehead atoms. The summed E-state index contributed by atoms with van der Waals surface area (Å²) in [6, 6.07) is 12.8. The van der Waals surface area contributed by atoms with Crippen LogP contribution in [0.1, 0.15) is 16.2 Å². The minimum absolute atomic E-state index is 0.0496. The van der Waals surface area contributed by atoms with Crippen LogP contribution in [0.2, 0.25) is 0 Å². The number of aromatic nitrogens is 3. The molecular weight excluding hydrogens is 324 g/mol. The molecule has 2 aromatic heterocycles. The van der Waals surface area contributed by atoms with Crippen LogP contribution in [0.5, 0.6) is 0 Å². The number of pyridine rings is 1. The molecule has 2 N–H and O–H groups in total. The molecule has 0 aliphatic rings. The monoisotopic (exact) mass is 336 g/mol. The van der Waals surface area contributed by atoms with E-state index in [1.54, 1.807) is 36.5 Å². The third-order valence-electron chi connectivity index (χ3n) is 3.23. The number of nitrogens with zero attached hydrogens (tertiary/aromatic N) is 4. The average Bonchev–Trinajstić information content (AvgIpc) is 3.13. The van der Waals surface area contributed by atoms with Crippen LogP contribution in [0.15, 0.2) is 59.8 Å². The number of H-pyrrole nitrogens is 1. The number of nitro benzene ring substituents is 1. The molecular formula is C16H12N6O3. The Morgan fingerprint density at radius 3 is 2.88 bits per heavy atom. The van der Waals surface area contributed by atoms with Crippen molar-refractivity contribution in [3.63, 3.8) is 0 Å². The Bertz CT molecular complexity index is 936. The van der Waals surface area contributed by atoms with E-state index in [4.69, 9.17) is 0 Å². The number of non-ortho nitro benzene ring substituents is 1. The zero-order valence-electron chi connectivity index (χ0n) is 12.8. The van der Waals surface area contributed by atoms with E-state index in [1.165, 1.54) is 24.4 Å². The molecule has 3 aromatic rings. The predicted molar refractivity (Wildman–Crippen MR) is 90.0 cm³/mol. The molecule has 2 heterocycles. The van der Waals surface area contributed by atoms with Crippen molar-refractivity contribution in [3.8, 4) is 11.3 Å². The highest BCUT2D eigenvalue weighted by molar-refractivity contribution is 5.94. The third-order valence-corrected chi connectivity index (χ3v) is 3.23. The van der Waals surface area contributed by atoms with Gasteiger partial charge >= 0.3 is 0 Å². The summed E-state index contributed by atoms with van der Waals surface area (Å²) in [5, 5.41) is 21.2. The molecule has 0 unspecified atom stereocenters. The van der Waals surface area contributed by atoms with E-state index >= 15 is 0 Å². The van der Waals surface area contributed by atoms with E-state index in [1.807, 2.05) is 0 Å². The highest BCUT2D eigenvalue weighted by Crippen LogP contribution is 2.22. The van der Waals surface area contributed by atoms with Gasteiger partial charge in [0.2, 0.25) is 0 Å². The molecule has 25 heavy (non-hydrogen) atoms. The molecule has 1 amide bonds. The van der Waals surface area contributed by atoms with Gasteiger partial charge in [0.1, 0.15) is 5.69 Å². The first kappa shape index (κ1) is 16.0. The summed E-state index contributed by atoms with van der Waals surface area (Å²) < 4.78 is 0. The minimum atomic E-state index is -0.490. The molecule has 0 saturated heterocycles. The van der Waals surface area contributed by atoms with Crippen molar-refractivity contribution in [2.24, 2.45) is 5.10 Å². The van der Waals surface area contributed by atoms with Crippen LogP contribution in [-0.2, 0) is 0 Å². The van der Waals surface area contributed by atoms with Crippen LogP contribution >= 0.6 is 0 Å². The van der Waals surface area contributed by atoms with Crippen LogP contribution in [0.3, 0.4) is 0 Å². The van der Waals surface area contributed by atoms with E-state index in [2.05, 4.69) is 25.7 Å². The zero-order chi connectivity index (χ0) is 17.6. The molecule has 9 heteroatoms. The smallest absolute Gasteiger partial charge is 0.272 e. The Hall–Kier alpha value is -3.88. The lowest BCUT2D eigenvalue weighted by Crippen LogP contribution is -2.18. The molecule has 0 aliphatic heterocycles. The Labute approximate surface area is 141 Å². The summed E-state index contributed by atoms with van der Waals surface area (Å²) in [7, 11) is 0. The molecule has 0 saturated carbocycles. The maximum atomic E-state index is 12.0. The molecule has 3 rings (SSSR count). The van der Waals surface area contributed by atoms with Crippen LogP contribution in [0.4, 0.5) is 5.69 Å². The van der Waals surface area contributed by atoms with Crippen LogP contribution in [0, 0.1) is 10.1 Å². The lowest BCUT2D eigenvalue weighted by Gasteiger charge is -1.96. The first-order valence-corrected chi connectivity index (χ1v) is 7.18. The van der Waals surface area contributed by atoms with Gasteiger partial charge in [0.15, 0.2) is 0 Å². The fourth-order valence-electron chi connectivity index (χ4n) is 2.03. The van der Waals surface area contributed by atoms with Gasteiger partial charge in [-0.3, -0.25) is 25.0 Å². The summed E-state index contributed by atoms with van der Waals surface area (Å²) in [6.07, 6.45) is 3.03. The number of aromatic amines is 1. The summed E-state index contributed by atoms with van der Waals surface area (Å²) in [5.74, 6) is -0.489. The van der Waals surface area contributed by atoms with Gasteiger partial charge in [0.05, 0.1) is 22.5 Å². The molecule has 1 aromatic carbocycles. The number of amides is 1. The van der Waals surface area contributed by atoms with Gasteiger partial charge < -0.3 is 0 Å². The molecule has 0 atom stereocenters. The van der Waals surface area contributed by atoms with Gasteiger partial charge in [-0.1, -0.05) is 18.2 Å². The van der Waals surface area contributed by atoms with Gasteiger partial charge in [0, 0.05) is 23.9 Å². The Kier molecular flexibility index (Phi) is 4.56. The summed E-state index contributed by atoms with van der Waals surface area (Å²) in [5.41, 5.74) is 4.03. The largest absolute Gasteiger partial charge is 0.289 e. The van der Waals surface area contributed by atoms with Gasteiger partial charge in [-0.15, -0.1) is 0 Å². The molecule has 0 radical (unpaired) electrons. The maximum absolute atomic E-state index is 12.0. The number of hydrazone groups is 1. The molecule has 0 fully saturated rings. The molecule has 9 nitrogen and oxygen atoms in total. The van der Waals surface area contributed by atoms with Crippen LogP contribution in [-0.4, -0.2) is 32.2 Å². The Balaban J connectivity index is 1.70. The highest BCUT2D eigenvalue weighted by atomic mass is 16.6. The average molecular weight is 336 g/mol. The van der Waals surface area contributed by atoms with Crippen molar-refractivity contribution in [1.29, 1.82) is 0 Å². The molecule has 124 valence electrons. The van der Waals surface area contributed by atoms with E-state index in [-0.39, 0.29) is 11.4 Å². The summed E-state index contributed by atoms with van der Waals surface area (Å²) >= 11 is 0. The van der Waals surface area contributed by atoms with Crippen molar-refractivity contribution in [3.05, 3.63) is 76.2 Å². The second-order valence-electron chi connectivity index (χ2n) is 4.93. The lowest BCUT2D eigenvalue weighted by molar-refractivity contribution is -0.384. The summed E-state index contributed by atoms with van der Waals surface area (Å²) in [6.45, 7) is 0. The third kappa shape index (κ3) is 3.91. The van der Waals surface area contributed by atoms with Crippen molar-refractivity contribution in [2.75, 3.05) is 0 Å². The van der Waals surface area contributed by atoms with Gasteiger partial charge in [-0.2, -0.15) is 10.2 Å². The number of benzene rings is 1. The fraction of sp³-hybridized carbons (Fsp3) is 0. The normalized spacial score (nSPS) is 10.7. The van der Waals surface area contributed by atoms with Crippen molar-refractivity contribution in [2.45, 2.75) is 0 Å². The molecule has 0 spiro atoms. The number of rotatable bonds is 5. The SMILES string of the molecule is O=C(NN=Cc1ccccn1)c1cc(-c2cccc([N+](=O)[O-])c2)n[nH]1. The highest BCUT2D eigenvalue weighted by Gasteiger charge is 2.13. The zero-order valence-corrected chi connectivity index (χ0v) is 12.8. The van der Waals surface area contributed by atoms with E-state index in [9.17, 15) is 14.9 Å². The van der Waals surface area contributed by atoms with Crippen LogP contribution < -0.4 is 5.43 Å². The van der Waals surface area contributed by atoms with Crippen molar-refractivity contribution < 1.29 is 9.72 Å². The number of carbonyl (C=O) groups excluding carboxylic acids is 1. The maximum Gasteiger partial charge on any atom is 0.289 e. The first-order chi connectivity index (χ1) is 12.1. The number of hydrogen-bond donors (Lipinski definition) is 2. The van der Waals surface area contributed by atoms with Gasteiger partial charge in [-0.05, 0) is 18.2 Å². The number of nitro groups is 1. The van der Waals surface area contributed by atoms with E-state index in [0.717, 1.165) is 0 Å². The predicted octanol–water partition coefficient (Wildman–Crippen LogP) is 2.14. The van der Waals surface area contributed by atoms with Crippen LogP contribution in [0.25, 0.3) is 11.3 Å². The summed E-state index contributed by atoms with van der Waals surface area (Å²) in [4.78, 5) is 26.4. The standard InChI is InChI=1S/C16H12N6O3/c23-16(21-18-10-12-5-1-2-7-17-12)15-9-14(19-20-15)11-4-3-6-13(8-11)22(24)25/h1-10H,(H,19,20)(H,21,23). The topological polar surface area (TPSA) is 126 Å². The van der Waals surface area contributed by atoms with Crippen molar-refractivity contribution in [1.82, 2.24) is 20.6 Å². The number of nitrogens with one attached hydrogen (secondary N) is 2. The van der Waals surface area contributed by atoms with E-state index < -0.39 is 10.8 Å². The van der Waals surface area contributed by atoms with Crippen molar-refractivity contribution >= 4 is 17.8 Å². The Morgan fingerprint density at radius 1 is 1.24 bits per heavy atom. The lowest BCUT2D eigenvalue weighted by atomic mass is 10.1. The fourth-order valence-corrected chi connectivity index (χ4v) is 2.03. The Morgan fingerprint density at radius 2 is 2.12 bits per heavy atom. The van der Waals surface area contributed by atoms with Gasteiger partial charge in [0.25, 0.3) is 11.6 Å². The van der Waals surface area contributed by atoms with E-state index in [0.29, 0.717) is 17.0 Å². The minimum Gasteiger partial charge on any atom is -0.272 e. The first-order valence-electron chi connectivity index (χ1n) is 7.18. The second kappa shape index (κ2) is 7.13. The van der Waals surface area contributed by atoms with Gasteiger partial charge in [-0.25, -0.2) is 5.43 Å². The number of hydrogen-bond acceptors (Lipinski definition) is 6. The number of carbonyl (C=O) groups is 1. The molecule has 0 aliphatic carbocycles. The quantitative estimate of drug-likeness (QED) is 0.419. The second-order valence-corrected chi connectivity index (χ2v) is 4.93.